The highest BCUT2D eigenvalue weighted by atomic mass is 32.2. The Kier molecular flexibility index (Phi) is 4.56. The molecule has 1 aromatic rings. The first-order valence-corrected chi connectivity index (χ1v) is 5.51. The normalized spacial score (nSPS) is 10.7. The number of halogens is 3. The van der Waals surface area contributed by atoms with Gasteiger partial charge in [-0.25, -0.2) is 4.79 Å². The van der Waals surface area contributed by atoms with Crippen LogP contribution in [0.15, 0.2) is 17.0 Å². The predicted molar refractivity (Wildman–Crippen MR) is 59.8 cm³/mol. The molecule has 0 heterocycles. The number of esters is 1. The van der Waals surface area contributed by atoms with Gasteiger partial charge in [0.25, 0.3) is 0 Å². The Bertz CT molecular complexity index is 564. The van der Waals surface area contributed by atoms with Crippen molar-refractivity contribution >= 4 is 24.0 Å². The minimum Gasteiger partial charge on any atom is -0.465 e. The number of nitriles is 1. The zero-order valence-corrected chi connectivity index (χ0v) is 10.3. The van der Waals surface area contributed by atoms with E-state index in [9.17, 15) is 22.8 Å². The lowest BCUT2D eigenvalue weighted by Gasteiger charge is -2.10. The summed E-state index contributed by atoms with van der Waals surface area (Å²) in [7, 11) is 1.05. The van der Waals surface area contributed by atoms with Gasteiger partial charge in [0.05, 0.1) is 24.3 Å². The van der Waals surface area contributed by atoms with Gasteiger partial charge in [0.15, 0.2) is 6.29 Å². The van der Waals surface area contributed by atoms with E-state index in [2.05, 4.69) is 4.74 Å². The molecule has 0 unspecified atom stereocenters. The van der Waals surface area contributed by atoms with Crippen molar-refractivity contribution < 1.29 is 27.5 Å². The summed E-state index contributed by atoms with van der Waals surface area (Å²) in [6, 6.07) is 3.45. The molecule has 0 saturated heterocycles. The molecule has 0 saturated carbocycles. The van der Waals surface area contributed by atoms with Crippen molar-refractivity contribution in [1.82, 2.24) is 0 Å². The maximum absolute atomic E-state index is 12.4. The number of carbonyl (C=O) groups excluding carboxylic acids is 2. The molecular formula is C11H6F3NO3S. The number of alkyl halides is 3. The van der Waals surface area contributed by atoms with Gasteiger partial charge in [-0.1, -0.05) is 0 Å². The van der Waals surface area contributed by atoms with Crippen LogP contribution in [-0.4, -0.2) is 24.9 Å². The van der Waals surface area contributed by atoms with E-state index < -0.39 is 33.7 Å². The summed E-state index contributed by atoms with van der Waals surface area (Å²) >= 11 is -0.567. The number of carbonyl (C=O) groups is 2. The van der Waals surface area contributed by atoms with Crippen molar-refractivity contribution in [2.75, 3.05) is 7.11 Å². The Morgan fingerprint density at radius 2 is 2.11 bits per heavy atom. The number of nitrogens with zero attached hydrogens (tertiary/aromatic N) is 1. The number of ether oxygens (including phenoxy) is 1. The molecule has 0 aliphatic carbocycles. The molecular weight excluding hydrogens is 283 g/mol. The molecule has 0 aliphatic heterocycles. The number of benzene rings is 1. The molecule has 100 valence electrons. The molecule has 8 heteroatoms. The van der Waals surface area contributed by atoms with Crippen molar-refractivity contribution in [2.45, 2.75) is 10.4 Å². The van der Waals surface area contributed by atoms with Crippen molar-refractivity contribution in [3.05, 3.63) is 28.8 Å². The summed E-state index contributed by atoms with van der Waals surface area (Å²) in [6.07, 6.45) is 0.147. The van der Waals surface area contributed by atoms with Crippen LogP contribution in [0.5, 0.6) is 0 Å². The zero-order valence-electron chi connectivity index (χ0n) is 9.45. The summed E-state index contributed by atoms with van der Waals surface area (Å²) in [4.78, 5) is 21.6. The molecule has 0 N–H and O–H groups in total. The molecule has 19 heavy (non-hydrogen) atoms. The minimum atomic E-state index is -4.64. The van der Waals surface area contributed by atoms with Gasteiger partial charge in [0.1, 0.15) is 0 Å². The second-order valence-electron chi connectivity index (χ2n) is 3.20. The van der Waals surface area contributed by atoms with Crippen LogP contribution in [0.2, 0.25) is 0 Å². The summed E-state index contributed by atoms with van der Waals surface area (Å²) in [5.41, 5.74) is -5.59. The maximum Gasteiger partial charge on any atom is 0.446 e. The summed E-state index contributed by atoms with van der Waals surface area (Å²) in [6.45, 7) is 0. The molecule has 0 bridgehead atoms. The van der Waals surface area contributed by atoms with Gasteiger partial charge < -0.3 is 4.74 Å². The van der Waals surface area contributed by atoms with Crippen molar-refractivity contribution in [1.29, 1.82) is 5.26 Å². The van der Waals surface area contributed by atoms with E-state index in [1.807, 2.05) is 0 Å². The highest BCUT2D eigenvalue weighted by molar-refractivity contribution is 8.00. The van der Waals surface area contributed by atoms with E-state index in [0.717, 1.165) is 19.2 Å². The summed E-state index contributed by atoms with van der Waals surface area (Å²) < 4.78 is 41.4. The first-order valence-electron chi connectivity index (χ1n) is 4.69. The number of methoxy groups -OCH3 is 1. The van der Waals surface area contributed by atoms with E-state index in [0.29, 0.717) is 0 Å². The predicted octanol–water partition coefficient (Wildman–Crippen LogP) is 2.77. The lowest BCUT2D eigenvalue weighted by Crippen LogP contribution is -2.07. The number of hydrogen-bond acceptors (Lipinski definition) is 5. The van der Waals surface area contributed by atoms with Gasteiger partial charge in [-0.15, -0.1) is 0 Å². The topological polar surface area (TPSA) is 67.2 Å². The molecule has 0 atom stereocenters. The third-order valence-corrected chi connectivity index (χ3v) is 2.82. The van der Waals surface area contributed by atoms with Crippen molar-refractivity contribution in [3.8, 4) is 6.07 Å². The van der Waals surface area contributed by atoms with Crippen LogP contribution in [0.25, 0.3) is 0 Å². The Morgan fingerprint density at radius 1 is 1.47 bits per heavy atom. The number of thioether (sulfide) groups is 1. The molecule has 0 amide bonds. The van der Waals surface area contributed by atoms with E-state index >= 15 is 0 Å². The van der Waals surface area contributed by atoms with Crippen molar-refractivity contribution in [3.63, 3.8) is 0 Å². The molecule has 1 aromatic carbocycles. The third kappa shape index (κ3) is 3.72. The average Bonchev–Trinajstić information content (AvgIpc) is 2.34. The second-order valence-corrected chi connectivity index (χ2v) is 4.31. The molecule has 0 aliphatic rings. The fraction of sp³-hybridized carbons (Fsp3) is 0.182. The van der Waals surface area contributed by atoms with Gasteiger partial charge >= 0.3 is 11.5 Å². The van der Waals surface area contributed by atoms with Crippen LogP contribution >= 0.6 is 11.8 Å². The van der Waals surface area contributed by atoms with Gasteiger partial charge in [0, 0.05) is 10.5 Å². The van der Waals surface area contributed by atoms with E-state index in [4.69, 9.17) is 5.26 Å². The quantitative estimate of drug-likeness (QED) is 0.486. The molecule has 0 aromatic heterocycles. The largest absolute Gasteiger partial charge is 0.465 e. The van der Waals surface area contributed by atoms with E-state index in [1.54, 1.807) is 6.07 Å². The monoisotopic (exact) mass is 289 g/mol. The average molecular weight is 289 g/mol. The second kappa shape index (κ2) is 5.75. The van der Waals surface area contributed by atoms with Crippen LogP contribution < -0.4 is 0 Å². The SMILES string of the molecule is COC(=O)c1cc(C#N)c(C=O)c(SC(F)(F)F)c1. The lowest BCUT2D eigenvalue weighted by molar-refractivity contribution is -0.0328. The number of hydrogen-bond donors (Lipinski definition) is 0. The number of rotatable bonds is 3. The van der Waals surface area contributed by atoms with E-state index in [1.165, 1.54) is 0 Å². The molecule has 4 nitrogen and oxygen atoms in total. The first-order chi connectivity index (χ1) is 8.82. The first kappa shape index (κ1) is 15.0. The van der Waals surface area contributed by atoms with Gasteiger partial charge in [0.2, 0.25) is 0 Å². The Labute approximate surface area is 110 Å². The van der Waals surface area contributed by atoms with Crippen LogP contribution in [0, 0.1) is 11.3 Å². The fourth-order valence-electron chi connectivity index (χ4n) is 1.29. The van der Waals surface area contributed by atoms with Gasteiger partial charge in [-0.3, -0.25) is 4.79 Å². The Hall–Kier alpha value is -2.01. The number of aldehydes is 1. The highest BCUT2D eigenvalue weighted by Gasteiger charge is 2.31. The van der Waals surface area contributed by atoms with E-state index in [-0.39, 0.29) is 17.4 Å². The summed E-state index contributed by atoms with van der Waals surface area (Å²) in [5.74, 6) is -0.891. The molecule has 0 fully saturated rings. The highest BCUT2D eigenvalue weighted by Crippen LogP contribution is 2.39. The standard InChI is InChI=1S/C11H6F3NO3S/c1-18-10(17)6-2-7(4-15)8(5-16)9(3-6)19-11(12,13)14/h2-3,5H,1H3. The Balaban J connectivity index is 3.45. The zero-order chi connectivity index (χ0) is 14.6. The van der Waals surface area contributed by atoms with Crippen LogP contribution in [-0.2, 0) is 4.74 Å². The Morgan fingerprint density at radius 3 is 2.53 bits per heavy atom. The molecule has 0 radical (unpaired) electrons. The van der Waals surface area contributed by atoms with Gasteiger partial charge in [-0.05, 0) is 23.9 Å². The van der Waals surface area contributed by atoms with Crippen LogP contribution in [0.4, 0.5) is 13.2 Å². The molecule has 0 spiro atoms. The van der Waals surface area contributed by atoms with Crippen LogP contribution in [0.3, 0.4) is 0 Å². The lowest BCUT2D eigenvalue weighted by atomic mass is 10.1. The minimum absolute atomic E-state index is 0.147. The van der Waals surface area contributed by atoms with Crippen LogP contribution in [0.1, 0.15) is 26.3 Å². The summed E-state index contributed by atoms with van der Waals surface area (Å²) in [5, 5.41) is 8.80. The maximum atomic E-state index is 12.4. The van der Waals surface area contributed by atoms with Gasteiger partial charge in [-0.2, -0.15) is 18.4 Å². The smallest absolute Gasteiger partial charge is 0.446 e. The third-order valence-electron chi connectivity index (χ3n) is 2.03. The fourth-order valence-corrected chi connectivity index (χ4v) is 1.99. The van der Waals surface area contributed by atoms with Crippen molar-refractivity contribution in [2.24, 2.45) is 0 Å². The molecule has 1 rings (SSSR count).